The highest BCUT2D eigenvalue weighted by atomic mass is 16.3. The number of rotatable bonds is 2. The first-order valence-electron chi connectivity index (χ1n) is 15.7. The molecule has 11 rings (SSSR count). The first kappa shape index (κ1) is 24.1. The summed E-state index contributed by atoms with van der Waals surface area (Å²) in [6.45, 7) is 0. The van der Waals surface area contributed by atoms with Crippen LogP contribution in [0.2, 0.25) is 0 Å². The Hall–Kier alpha value is -6.26. The van der Waals surface area contributed by atoms with E-state index in [0.717, 1.165) is 44.7 Å². The van der Waals surface area contributed by atoms with Gasteiger partial charge in [-0.3, -0.25) is 0 Å². The van der Waals surface area contributed by atoms with Gasteiger partial charge in [-0.1, -0.05) is 78.9 Å². The molecule has 0 N–H and O–H groups in total. The molecule has 0 radical (unpaired) electrons. The van der Waals surface area contributed by atoms with E-state index in [1.807, 2.05) is 6.07 Å². The molecule has 214 valence electrons. The van der Waals surface area contributed by atoms with Crippen molar-refractivity contribution in [3.63, 3.8) is 0 Å². The zero-order chi connectivity index (χ0) is 29.9. The highest BCUT2D eigenvalue weighted by Crippen LogP contribution is 2.52. The molecule has 46 heavy (non-hydrogen) atoms. The lowest BCUT2D eigenvalue weighted by Crippen LogP contribution is -2.18. The van der Waals surface area contributed by atoms with Crippen LogP contribution in [0.1, 0.15) is 0 Å². The summed E-state index contributed by atoms with van der Waals surface area (Å²) in [5, 5.41) is 7.25. The fourth-order valence-electron chi connectivity index (χ4n) is 7.97. The summed E-state index contributed by atoms with van der Waals surface area (Å²) in [7, 11) is 0. The highest BCUT2D eigenvalue weighted by Gasteiger charge is 2.30. The van der Waals surface area contributed by atoms with E-state index < -0.39 is 0 Å². The quantitative estimate of drug-likeness (QED) is 0.201. The van der Waals surface area contributed by atoms with Crippen LogP contribution >= 0.6 is 0 Å². The maximum Gasteiger partial charge on any atom is 0.137 e. The number of fused-ring (bicyclic) bond motifs is 12. The van der Waals surface area contributed by atoms with Gasteiger partial charge in [-0.05, 0) is 72.8 Å². The fraction of sp³-hybridized carbons (Fsp3) is 0. The van der Waals surface area contributed by atoms with Crippen molar-refractivity contribution >= 4 is 82.6 Å². The molecule has 0 unspecified atom stereocenters. The van der Waals surface area contributed by atoms with Crippen LogP contribution in [0.5, 0.6) is 0 Å². The molecule has 7 aromatic carbocycles. The Morgan fingerprint density at radius 1 is 0.370 bits per heavy atom. The third kappa shape index (κ3) is 2.98. The van der Waals surface area contributed by atoms with Crippen LogP contribution in [0, 0.1) is 0 Å². The van der Waals surface area contributed by atoms with Gasteiger partial charge in [0.2, 0.25) is 0 Å². The first-order chi connectivity index (χ1) is 22.8. The summed E-state index contributed by atoms with van der Waals surface area (Å²) >= 11 is 0. The Kier molecular flexibility index (Phi) is 4.55. The van der Waals surface area contributed by atoms with Gasteiger partial charge in [-0.25, -0.2) is 0 Å². The zero-order valence-electron chi connectivity index (χ0n) is 24.7. The van der Waals surface area contributed by atoms with Crippen LogP contribution in [0.3, 0.4) is 0 Å². The van der Waals surface area contributed by atoms with Crippen molar-refractivity contribution in [1.29, 1.82) is 0 Å². The number of para-hydroxylation sites is 6. The van der Waals surface area contributed by atoms with E-state index in [1.165, 1.54) is 49.3 Å². The minimum Gasteiger partial charge on any atom is -0.456 e. The molecule has 1 aliphatic rings. The smallest absolute Gasteiger partial charge is 0.137 e. The van der Waals surface area contributed by atoms with E-state index in [2.05, 4.69) is 160 Å². The summed E-state index contributed by atoms with van der Waals surface area (Å²) in [5.41, 5.74) is 12.4. The second-order valence-electron chi connectivity index (χ2n) is 12.2. The van der Waals surface area contributed by atoms with Crippen LogP contribution in [-0.2, 0) is 0 Å². The monoisotopic (exact) mass is 587 g/mol. The van der Waals surface area contributed by atoms with Gasteiger partial charge in [0.1, 0.15) is 11.2 Å². The molecule has 0 bridgehead atoms. The SMILES string of the molecule is c1ccc(-n2c3ccccc3c3cc(N4c5ccccc5-n5c6c4cccc6c4ccc6oc7ccccc7c6c45)ccc32)cc1. The summed E-state index contributed by atoms with van der Waals surface area (Å²) in [6, 6.07) is 54.5. The summed E-state index contributed by atoms with van der Waals surface area (Å²) < 4.78 is 11.2. The number of furan rings is 1. The molecule has 4 heteroatoms. The standard InChI is InChI=1S/C42H25N3O/c1-2-11-26(12-3-1)43-33-16-6-4-13-28(33)32-25-27(21-23-34(32)43)44-35-17-7-8-18-36(35)45-41-29(15-10-19-37(41)44)30-22-24-39-40(42(30)45)31-14-5-9-20-38(31)46-39/h1-25H. The predicted molar refractivity (Wildman–Crippen MR) is 191 cm³/mol. The van der Waals surface area contributed by atoms with Crippen molar-refractivity contribution in [2.75, 3.05) is 4.90 Å². The summed E-state index contributed by atoms with van der Waals surface area (Å²) in [4.78, 5) is 2.44. The second kappa shape index (κ2) is 8.68. The zero-order valence-corrected chi connectivity index (χ0v) is 24.7. The Labute approximate surface area is 263 Å². The number of nitrogens with zero attached hydrogens (tertiary/aromatic N) is 3. The Morgan fingerprint density at radius 2 is 1.07 bits per heavy atom. The molecule has 0 saturated heterocycles. The number of benzene rings is 7. The normalized spacial score (nSPS) is 12.7. The van der Waals surface area contributed by atoms with E-state index in [1.54, 1.807) is 0 Å². The largest absolute Gasteiger partial charge is 0.456 e. The van der Waals surface area contributed by atoms with Gasteiger partial charge in [0.25, 0.3) is 0 Å². The lowest BCUT2D eigenvalue weighted by Gasteiger charge is -2.33. The maximum absolute atomic E-state index is 6.37. The minimum atomic E-state index is 0.912. The van der Waals surface area contributed by atoms with Gasteiger partial charge in [0, 0.05) is 38.3 Å². The molecule has 10 aromatic rings. The van der Waals surface area contributed by atoms with E-state index in [9.17, 15) is 0 Å². The Bertz CT molecular complexity index is 2870. The van der Waals surface area contributed by atoms with Crippen molar-refractivity contribution in [3.05, 3.63) is 152 Å². The van der Waals surface area contributed by atoms with Gasteiger partial charge in [0.05, 0.1) is 44.5 Å². The van der Waals surface area contributed by atoms with E-state index >= 15 is 0 Å². The van der Waals surface area contributed by atoms with E-state index in [0.29, 0.717) is 0 Å². The minimum absolute atomic E-state index is 0.912. The van der Waals surface area contributed by atoms with Gasteiger partial charge in [0.15, 0.2) is 0 Å². The maximum atomic E-state index is 6.37. The van der Waals surface area contributed by atoms with Crippen LogP contribution < -0.4 is 4.90 Å². The Morgan fingerprint density at radius 3 is 1.98 bits per heavy atom. The number of anilines is 3. The number of aromatic nitrogens is 2. The van der Waals surface area contributed by atoms with Gasteiger partial charge < -0.3 is 18.5 Å². The lowest BCUT2D eigenvalue weighted by molar-refractivity contribution is 0.669. The first-order valence-corrected chi connectivity index (χ1v) is 15.7. The fourth-order valence-corrected chi connectivity index (χ4v) is 7.97. The summed E-state index contributed by atoms with van der Waals surface area (Å²) in [6.07, 6.45) is 0. The molecule has 1 aliphatic heterocycles. The van der Waals surface area contributed by atoms with Gasteiger partial charge in [-0.15, -0.1) is 0 Å². The molecule has 0 fully saturated rings. The molecular formula is C42H25N3O. The van der Waals surface area contributed by atoms with Crippen LogP contribution in [0.25, 0.3) is 76.9 Å². The second-order valence-corrected chi connectivity index (χ2v) is 12.2. The topological polar surface area (TPSA) is 26.2 Å². The van der Waals surface area contributed by atoms with Gasteiger partial charge >= 0.3 is 0 Å². The van der Waals surface area contributed by atoms with Crippen molar-refractivity contribution in [3.8, 4) is 11.4 Å². The third-order valence-corrected chi connectivity index (χ3v) is 9.80. The third-order valence-electron chi connectivity index (χ3n) is 9.80. The summed E-state index contributed by atoms with van der Waals surface area (Å²) in [5.74, 6) is 0. The molecule has 0 saturated carbocycles. The van der Waals surface area contributed by atoms with E-state index in [-0.39, 0.29) is 0 Å². The molecule has 4 heterocycles. The van der Waals surface area contributed by atoms with Crippen LogP contribution in [0.15, 0.2) is 156 Å². The lowest BCUT2D eigenvalue weighted by atomic mass is 10.1. The molecule has 0 aliphatic carbocycles. The van der Waals surface area contributed by atoms with Crippen molar-refractivity contribution in [2.24, 2.45) is 0 Å². The molecule has 4 nitrogen and oxygen atoms in total. The average molecular weight is 588 g/mol. The van der Waals surface area contributed by atoms with Crippen molar-refractivity contribution in [1.82, 2.24) is 9.13 Å². The van der Waals surface area contributed by atoms with Crippen molar-refractivity contribution in [2.45, 2.75) is 0 Å². The molecular weight excluding hydrogens is 562 g/mol. The van der Waals surface area contributed by atoms with Crippen molar-refractivity contribution < 1.29 is 4.42 Å². The molecule has 0 amide bonds. The van der Waals surface area contributed by atoms with E-state index in [4.69, 9.17) is 4.42 Å². The highest BCUT2D eigenvalue weighted by molar-refractivity contribution is 6.27. The van der Waals surface area contributed by atoms with Crippen LogP contribution in [0.4, 0.5) is 17.1 Å². The van der Waals surface area contributed by atoms with Gasteiger partial charge in [-0.2, -0.15) is 0 Å². The average Bonchev–Trinajstić information content (AvgIpc) is 3.77. The predicted octanol–water partition coefficient (Wildman–Crippen LogP) is 11.6. The number of hydrogen-bond acceptors (Lipinski definition) is 2. The number of hydrogen-bond donors (Lipinski definition) is 0. The molecule has 0 atom stereocenters. The van der Waals surface area contributed by atoms with Crippen LogP contribution in [-0.4, -0.2) is 9.13 Å². The molecule has 3 aromatic heterocycles. The Balaban J connectivity index is 1.24. The molecule has 0 spiro atoms.